The molecule has 2 saturated heterocycles. The highest BCUT2D eigenvalue weighted by molar-refractivity contribution is 7.99. The van der Waals surface area contributed by atoms with Crippen LogP contribution in [0.25, 0.3) is 0 Å². The van der Waals surface area contributed by atoms with Crippen LogP contribution in [-0.4, -0.2) is 37.3 Å². The summed E-state index contributed by atoms with van der Waals surface area (Å²) in [5, 5.41) is 3.61. The molecule has 2 aliphatic heterocycles. The number of benzene rings is 1. The molecule has 3 rings (SSSR count). The van der Waals surface area contributed by atoms with Crippen molar-refractivity contribution in [2.24, 2.45) is 0 Å². The standard InChI is InChI=1S/C18H27NO2S/c1-20-18-12-14(11-15-5-2-3-9-19-15)7-8-17(18)21-16-6-4-10-22-13-16/h7-8,12,15-16,19H,2-6,9-11,13H2,1H3. The molecular weight excluding hydrogens is 294 g/mol. The van der Waals surface area contributed by atoms with Crippen molar-refractivity contribution >= 4 is 11.8 Å². The zero-order valence-corrected chi connectivity index (χ0v) is 14.3. The van der Waals surface area contributed by atoms with Crippen molar-refractivity contribution in [2.45, 2.75) is 50.7 Å². The predicted molar refractivity (Wildman–Crippen MR) is 93.3 cm³/mol. The Labute approximate surface area is 138 Å². The van der Waals surface area contributed by atoms with Crippen LogP contribution in [0.5, 0.6) is 11.5 Å². The van der Waals surface area contributed by atoms with Crippen LogP contribution in [0, 0.1) is 0 Å². The molecule has 0 bridgehead atoms. The normalized spacial score (nSPS) is 25.7. The smallest absolute Gasteiger partial charge is 0.161 e. The van der Waals surface area contributed by atoms with Crippen molar-refractivity contribution in [1.29, 1.82) is 0 Å². The van der Waals surface area contributed by atoms with Crippen molar-refractivity contribution in [3.63, 3.8) is 0 Å². The molecule has 22 heavy (non-hydrogen) atoms. The number of methoxy groups -OCH3 is 1. The molecule has 0 spiro atoms. The van der Waals surface area contributed by atoms with Crippen LogP contribution in [0.1, 0.15) is 37.7 Å². The molecule has 1 aromatic carbocycles. The van der Waals surface area contributed by atoms with Gasteiger partial charge in [0.1, 0.15) is 6.10 Å². The van der Waals surface area contributed by atoms with Crippen LogP contribution in [-0.2, 0) is 6.42 Å². The minimum Gasteiger partial charge on any atom is -0.493 e. The van der Waals surface area contributed by atoms with Crippen molar-refractivity contribution < 1.29 is 9.47 Å². The molecular formula is C18H27NO2S. The van der Waals surface area contributed by atoms with Crippen molar-refractivity contribution in [2.75, 3.05) is 25.2 Å². The lowest BCUT2D eigenvalue weighted by Gasteiger charge is -2.25. The third-order valence-electron chi connectivity index (χ3n) is 4.53. The lowest BCUT2D eigenvalue weighted by molar-refractivity contribution is 0.202. The second kappa shape index (κ2) is 8.11. The van der Waals surface area contributed by atoms with Crippen LogP contribution in [0.2, 0.25) is 0 Å². The number of ether oxygens (including phenoxy) is 2. The number of hydrogen-bond acceptors (Lipinski definition) is 4. The Morgan fingerprint density at radius 1 is 1.18 bits per heavy atom. The summed E-state index contributed by atoms with van der Waals surface area (Å²) in [5.74, 6) is 4.14. The molecule has 2 fully saturated rings. The molecule has 0 aromatic heterocycles. The van der Waals surface area contributed by atoms with Crippen LogP contribution < -0.4 is 14.8 Å². The Morgan fingerprint density at radius 2 is 2.14 bits per heavy atom. The zero-order valence-electron chi connectivity index (χ0n) is 13.5. The van der Waals surface area contributed by atoms with Gasteiger partial charge in [-0.05, 0) is 62.1 Å². The van der Waals surface area contributed by atoms with Gasteiger partial charge >= 0.3 is 0 Å². The molecule has 1 aromatic rings. The minimum atomic E-state index is 0.332. The van der Waals surface area contributed by atoms with Crippen LogP contribution in [0.15, 0.2) is 18.2 Å². The summed E-state index contributed by atoms with van der Waals surface area (Å²) in [6.07, 6.45) is 7.75. The van der Waals surface area contributed by atoms with Crippen molar-refractivity contribution in [3.8, 4) is 11.5 Å². The fourth-order valence-electron chi connectivity index (χ4n) is 3.30. The maximum absolute atomic E-state index is 6.16. The highest BCUT2D eigenvalue weighted by atomic mass is 32.2. The Kier molecular flexibility index (Phi) is 5.90. The number of nitrogens with one attached hydrogen (secondary N) is 1. The minimum absolute atomic E-state index is 0.332. The third kappa shape index (κ3) is 4.32. The largest absolute Gasteiger partial charge is 0.493 e. The number of thioether (sulfide) groups is 1. The highest BCUT2D eigenvalue weighted by Crippen LogP contribution is 2.32. The lowest BCUT2D eigenvalue weighted by atomic mass is 9.97. The summed E-state index contributed by atoms with van der Waals surface area (Å²) in [7, 11) is 1.74. The number of rotatable bonds is 5. The second-order valence-electron chi connectivity index (χ2n) is 6.29. The Bertz CT molecular complexity index is 468. The van der Waals surface area contributed by atoms with E-state index in [-0.39, 0.29) is 0 Å². The first kappa shape index (κ1) is 16.0. The predicted octanol–water partition coefficient (Wildman–Crippen LogP) is 3.65. The third-order valence-corrected chi connectivity index (χ3v) is 5.72. The summed E-state index contributed by atoms with van der Waals surface area (Å²) < 4.78 is 11.7. The number of piperidine rings is 1. The van der Waals surface area contributed by atoms with Gasteiger partial charge < -0.3 is 14.8 Å². The van der Waals surface area contributed by atoms with Crippen LogP contribution in [0.3, 0.4) is 0 Å². The average molecular weight is 321 g/mol. The first-order valence-corrected chi connectivity index (χ1v) is 9.65. The van der Waals surface area contributed by atoms with Gasteiger partial charge in [-0.3, -0.25) is 0 Å². The van der Waals surface area contributed by atoms with E-state index in [0.717, 1.165) is 36.6 Å². The molecule has 0 aliphatic carbocycles. The van der Waals surface area contributed by atoms with Gasteiger partial charge in [0.15, 0.2) is 11.5 Å². The molecule has 2 unspecified atom stereocenters. The SMILES string of the molecule is COc1cc(CC2CCCCN2)ccc1OC1CCCSC1. The topological polar surface area (TPSA) is 30.5 Å². The van der Waals surface area contributed by atoms with E-state index in [1.54, 1.807) is 7.11 Å². The molecule has 2 heterocycles. The summed E-state index contributed by atoms with van der Waals surface area (Å²) in [6.45, 7) is 1.16. The quantitative estimate of drug-likeness (QED) is 0.896. The second-order valence-corrected chi connectivity index (χ2v) is 7.44. The van der Waals surface area contributed by atoms with E-state index in [4.69, 9.17) is 9.47 Å². The van der Waals surface area contributed by atoms with Gasteiger partial charge in [0.2, 0.25) is 0 Å². The lowest BCUT2D eigenvalue weighted by Crippen LogP contribution is -2.35. The zero-order chi connectivity index (χ0) is 15.2. The summed E-state index contributed by atoms with van der Waals surface area (Å²) in [4.78, 5) is 0. The van der Waals surface area contributed by atoms with Crippen molar-refractivity contribution in [3.05, 3.63) is 23.8 Å². The van der Waals surface area contributed by atoms with E-state index < -0.39 is 0 Å². The molecule has 2 aliphatic rings. The molecule has 3 nitrogen and oxygen atoms in total. The van der Waals surface area contributed by atoms with Gasteiger partial charge in [0.05, 0.1) is 7.11 Å². The first-order valence-electron chi connectivity index (χ1n) is 8.50. The van der Waals surface area contributed by atoms with Crippen LogP contribution in [0.4, 0.5) is 0 Å². The molecule has 2 atom stereocenters. The average Bonchev–Trinajstić information content (AvgIpc) is 2.58. The fourth-order valence-corrected chi connectivity index (χ4v) is 4.34. The Balaban J connectivity index is 1.64. The molecule has 122 valence electrons. The van der Waals surface area contributed by atoms with E-state index in [9.17, 15) is 0 Å². The molecule has 0 radical (unpaired) electrons. The van der Waals surface area contributed by atoms with Crippen LogP contribution >= 0.6 is 11.8 Å². The number of hydrogen-bond donors (Lipinski definition) is 1. The van der Waals surface area contributed by atoms with E-state index in [0.29, 0.717) is 12.1 Å². The molecule has 1 N–H and O–H groups in total. The Hall–Kier alpha value is -0.870. The van der Waals surface area contributed by atoms with E-state index in [1.165, 1.54) is 37.0 Å². The maximum atomic E-state index is 6.16. The molecule has 0 saturated carbocycles. The Morgan fingerprint density at radius 3 is 2.86 bits per heavy atom. The van der Waals surface area contributed by atoms with Gasteiger partial charge in [0.25, 0.3) is 0 Å². The van der Waals surface area contributed by atoms with Gasteiger partial charge in [-0.1, -0.05) is 12.5 Å². The maximum Gasteiger partial charge on any atom is 0.161 e. The van der Waals surface area contributed by atoms with Gasteiger partial charge in [-0.15, -0.1) is 0 Å². The van der Waals surface area contributed by atoms with Gasteiger partial charge in [0, 0.05) is 11.8 Å². The van der Waals surface area contributed by atoms with E-state index in [1.807, 2.05) is 11.8 Å². The summed E-state index contributed by atoms with van der Waals surface area (Å²) in [5.41, 5.74) is 1.33. The van der Waals surface area contributed by atoms with E-state index in [2.05, 4.69) is 23.5 Å². The summed E-state index contributed by atoms with van der Waals surface area (Å²) >= 11 is 1.99. The first-order chi connectivity index (χ1) is 10.8. The highest BCUT2D eigenvalue weighted by Gasteiger charge is 2.18. The van der Waals surface area contributed by atoms with Gasteiger partial charge in [-0.25, -0.2) is 0 Å². The monoisotopic (exact) mass is 321 g/mol. The molecule has 0 amide bonds. The molecule has 4 heteroatoms. The fraction of sp³-hybridized carbons (Fsp3) is 0.667. The van der Waals surface area contributed by atoms with Gasteiger partial charge in [-0.2, -0.15) is 11.8 Å². The van der Waals surface area contributed by atoms with E-state index >= 15 is 0 Å². The summed E-state index contributed by atoms with van der Waals surface area (Å²) in [6, 6.07) is 7.06. The van der Waals surface area contributed by atoms with Crippen molar-refractivity contribution in [1.82, 2.24) is 5.32 Å².